The lowest BCUT2D eigenvalue weighted by Gasteiger charge is -2.63. The summed E-state index contributed by atoms with van der Waals surface area (Å²) in [6.45, 7) is 3.04. The number of ketones is 1. The lowest BCUT2D eigenvalue weighted by atomic mass is 9.46. The third-order valence-corrected chi connectivity index (χ3v) is 6.98. The highest BCUT2D eigenvalue weighted by Crippen LogP contribution is 2.65. The summed E-state index contributed by atoms with van der Waals surface area (Å²) in [5.74, 6) is 1.84. The molecule has 1 aromatic rings. The summed E-state index contributed by atoms with van der Waals surface area (Å²) in [6, 6.07) is 4.30. The number of hydrogen-bond acceptors (Lipinski definition) is 5. The molecule has 2 aliphatic heterocycles. The molecular formula is C19H24ClNO4. The van der Waals surface area contributed by atoms with E-state index in [0.717, 1.165) is 30.9 Å². The van der Waals surface area contributed by atoms with Crippen molar-refractivity contribution in [1.82, 2.24) is 5.32 Å². The monoisotopic (exact) mass is 365 g/mol. The summed E-state index contributed by atoms with van der Waals surface area (Å²) >= 11 is 0. The fourth-order valence-corrected chi connectivity index (χ4v) is 6.30. The largest absolute Gasteiger partial charge is 0.493 e. The van der Waals surface area contributed by atoms with E-state index in [2.05, 4.69) is 18.3 Å². The minimum absolute atomic E-state index is 0. The number of methoxy groups -OCH3 is 2. The first kappa shape index (κ1) is 17.1. The summed E-state index contributed by atoms with van der Waals surface area (Å²) in [4.78, 5) is 12.9. The SMILES string of the molecule is COc1ccc2c3c1OC1C(=O)CC(C)[C@@]4(OC)[C@@H](C2)NCC[C@]314.Cl. The molecule has 1 N–H and O–H groups in total. The maximum atomic E-state index is 12.9. The Morgan fingerprint density at radius 2 is 2.08 bits per heavy atom. The molecule has 0 aromatic heterocycles. The molecule has 2 aliphatic carbocycles. The molecule has 0 amide bonds. The Hall–Kier alpha value is -1.30. The molecule has 6 heteroatoms. The van der Waals surface area contributed by atoms with Crippen LogP contribution in [0.5, 0.6) is 11.5 Å². The van der Waals surface area contributed by atoms with Crippen LogP contribution in [0.1, 0.15) is 30.9 Å². The second-order valence-electron chi connectivity index (χ2n) is 7.63. The van der Waals surface area contributed by atoms with Gasteiger partial charge < -0.3 is 19.5 Å². The van der Waals surface area contributed by atoms with Gasteiger partial charge in [-0.2, -0.15) is 0 Å². The Kier molecular flexibility index (Phi) is 3.67. The topological polar surface area (TPSA) is 56.8 Å². The molecule has 1 spiro atoms. The van der Waals surface area contributed by atoms with Crippen LogP contribution in [0.15, 0.2) is 12.1 Å². The average molecular weight is 366 g/mol. The van der Waals surface area contributed by atoms with E-state index in [4.69, 9.17) is 14.2 Å². The van der Waals surface area contributed by atoms with E-state index in [0.29, 0.717) is 6.42 Å². The Morgan fingerprint density at radius 3 is 2.80 bits per heavy atom. The van der Waals surface area contributed by atoms with Gasteiger partial charge in [0, 0.05) is 25.1 Å². The molecule has 2 bridgehead atoms. The molecule has 4 aliphatic rings. The number of rotatable bonds is 2. The van der Waals surface area contributed by atoms with Crippen molar-refractivity contribution < 1.29 is 19.0 Å². The van der Waals surface area contributed by atoms with E-state index in [1.807, 2.05) is 6.07 Å². The van der Waals surface area contributed by atoms with Gasteiger partial charge in [0.2, 0.25) is 0 Å². The van der Waals surface area contributed by atoms with Crippen LogP contribution in [0.3, 0.4) is 0 Å². The molecule has 2 heterocycles. The van der Waals surface area contributed by atoms with Gasteiger partial charge in [-0.25, -0.2) is 0 Å². The van der Waals surface area contributed by atoms with Gasteiger partial charge in [0.05, 0.1) is 12.5 Å². The summed E-state index contributed by atoms with van der Waals surface area (Å²) in [5, 5.41) is 3.67. The van der Waals surface area contributed by atoms with E-state index in [1.165, 1.54) is 11.1 Å². The molecule has 136 valence electrons. The number of piperidine rings is 1. The molecule has 1 saturated carbocycles. The van der Waals surface area contributed by atoms with Crippen molar-refractivity contribution in [3.05, 3.63) is 23.3 Å². The maximum Gasteiger partial charge on any atom is 0.174 e. The van der Waals surface area contributed by atoms with E-state index < -0.39 is 17.1 Å². The second kappa shape index (κ2) is 5.35. The van der Waals surface area contributed by atoms with Crippen LogP contribution in [0.25, 0.3) is 0 Å². The zero-order valence-corrected chi connectivity index (χ0v) is 15.6. The van der Waals surface area contributed by atoms with Crippen molar-refractivity contribution >= 4 is 18.2 Å². The molecular weight excluding hydrogens is 342 g/mol. The number of ether oxygens (including phenoxy) is 3. The quantitative estimate of drug-likeness (QED) is 0.869. The summed E-state index contributed by atoms with van der Waals surface area (Å²) in [5.41, 5.74) is 1.63. The van der Waals surface area contributed by atoms with Crippen LogP contribution < -0.4 is 14.8 Å². The number of carbonyl (C=O) groups is 1. The van der Waals surface area contributed by atoms with E-state index in [1.54, 1.807) is 14.2 Å². The fraction of sp³-hybridized carbons (Fsp3) is 0.632. The van der Waals surface area contributed by atoms with Crippen molar-refractivity contribution in [1.29, 1.82) is 0 Å². The van der Waals surface area contributed by atoms with Crippen LogP contribution in [-0.2, 0) is 21.4 Å². The number of Topliss-reactive ketones (excluding diaryl/α,β-unsaturated/α-hetero) is 1. The molecule has 5 atom stereocenters. The van der Waals surface area contributed by atoms with Crippen molar-refractivity contribution in [2.24, 2.45) is 5.92 Å². The molecule has 2 unspecified atom stereocenters. The molecule has 1 saturated heterocycles. The Morgan fingerprint density at radius 1 is 1.28 bits per heavy atom. The van der Waals surface area contributed by atoms with Gasteiger partial charge in [0.1, 0.15) is 5.60 Å². The third kappa shape index (κ3) is 1.65. The predicted octanol–water partition coefficient (Wildman–Crippen LogP) is 2.03. The lowest BCUT2D eigenvalue weighted by molar-refractivity contribution is -0.198. The molecule has 0 radical (unpaired) electrons. The Balaban J connectivity index is 0.00000157. The molecule has 1 aromatic carbocycles. The predicted molar refractivity (Wildman–Crippen MR) is 95.0 cm³/mol. The average Bonchev–Trinajstić information content (AvgIpc) is 2.91. The molecule has 5 nitrogen and oxygen atoms in total. The maximum absolute atomic E-state index is 12.9. The number of carbonyl (C=O) groups excluding carboxylic acids is 1. The second-order valence-corrected chi connectivity index (χ2v) is 7.63. The smallest absolute Gasteiger partial charge is 0.174 e. The van der Waals surface area contributed by atoms with Gasteiger partial charge in [0.15, 0.2) is 23.4 Å². The van der Waals surface area contributed by atoms with Gasteiger partial charge in [-0.05, 0) is 36.9 Å². The molecule has 25 heavy (non-hydrogen) atoms. The number of nitrogens with one attached hydrogen (secondary N) is 1. The van der Waals surface area contributed by atoms with Crippen LogP contribution >= 0.6 is 12.4 Å². The van der Waals surface area contributed by atoms with E-state index in [9.17, 15) is 4.79 Å². The van der Waals surface area contributed by atoms with Crippen LogP contribution in [0, 0.1) is 5.92 Å². The highest BCUT2D eigenvalue weighted by molar-refractivity contribution is 5.90. The fourth-order valence-electron chi connectivity index (χ4n) is 6.30. The van der Waals surface area contributed by atoms with Crippen molar-refractivity contribution in [3.63, 3.8) is 0 Å². The van der Waals surface area contributed by atoms with Crippen molar-refractivity contribution in [2.75, 3.05) is 20.8 Å². The molecule has 2 fully saturated rings. The van der Waals surface area contributed by atoms with Gasteiger partial charge in [-0.15, -0.1) is 12.4 Å². The van der Waals surface area contributed by atoms with Gasteiger partial charge >= 0.3 is 0 Å². The summed E-state index contributed by atoms with van der Waals surface area (Å²) in [6.07, 6.45) is 1.80. The third-order valence-electron chi connectivity index (χ3n) is 6.98. The Bertz CT molecular complexity index is 753. The van der Waals surface area contributed by atoms with Crippen molar-refractivity contribution in [3.8, 4) is 11.5 Å². The van der Waals surface area contributed by atoms with E-state index >= 15 is 0 Å². The zero-order chi connectivity index (χ0) is 16.7. The van der Waals surface area contributed by atoms with Gasteiger partial charge in [0.25, 0.3) is 0 Å². The lowest BCUT2D eigenvalue weighted by Crippen LogP contribution is -2.79. The number of hydrogen-bond donors (Lipinski definition) is 1. The molecule has 5 rings (SSSR count). The van der Waals surface area contributed by atoms with Crippen molar-refractivity contribution in [2.45, 2.75) is 49.3 Å². The highest BCUT2D eigenvalue weighted by atomic mass is 35.5. The van der Waals surface area contributed by atoms with Crippen LogP contribution in [-0.4, -0.2) is 44.3 Å². The standard InChI is InChI=1S/C19H23NO4.ClH/c1-10-8-12(21)17-18-6-7-20-14(19(10,18)23-3)9-11-4-5-13(22-2)16(24-17)15(11)18;/h4-5,10,14,17,20H,6-9H2,1-3H3;1H/t10?,14-,17?,18+,19-;/m1./s1. The minimum Gasteiger partial charge on any atom is -0.493 e. The zero-order valence-electron chi connectivity index (χ0n) is 14.8. The first-order valence-corrected chi connectivity index (χ1v) is 8.78. The van der Waals surface area contributed by atoms with Gasteiger partial charge in [-0.3, -0.25) is 4.79 Å². The van der Waals surface area contributed by atoms with Crippen LogP contribution in [0.2, 0.25) is 0 Å². The summed E-state index contributed by atoms with van der Waals surface area (Å²) < 4.78 is 18.2. The summed E-state index contributed by atoms with van der Waals surface area (Å²) in [7, 11) is 3.46. The first-order chi connectivity index (χ1) is 11.6. The first-order valence-electron chi connectivity index (χ1n) is 8.78. The van der Waals surface area contributed by atoms with E-state index in [-0.39, 0.29) is 30.2 Å². The van der Waals surface area contributed by atoms with Gasteiger partial charge in [-0.1, -0.05) is 13.0 Å². The number of benzene rings is 1. The number of halogens is 1. The minimum atomic E-state index is -0.455. The van der Waals surface area contributed by atoms with Crippen LogP contribution in [0.4, 0.5) is 0 Å². The Labute approximate surface area is 153 Å². The highest BCUT2D eigenvalue weighted by Gasteiger charge is 2.74. The normalized spacial score (nSPS) is 40.0.